The van der Waals surface area contributed by atoms with Crippen molar-refractivity contribution in [3.63, 3.8) is 0 Å². The number of amides is 3. The smallest absolute Gasteiger partial charge is 0.227 e. The van der Waals surface area contributed by atoms with Crippen molar-refractivity contribution in [1.29, 1.82) is 0 Å². The molecule has 0 radical (unpaired) electrons. The van der Waals surface area contributed by atoms with Crippen LogP contribution in [0.1, 0.15) is 24.8 Å². The number of piperidine rings is 1. The lowest BCUT2D eigenvalue weighted by molar-refractivity contribution is -0.138. The van der Waals surface area contributed by atoms with E-state index < -0.39 is 0 Å². The van der Waals surface area contributed by atoms with Gasteiger partial charge in [-0.15, -0.1) is 0 Å². The minimum absolute atomic E-state index is 0.00875. The van der Waals surface area contributed by atoms with Gasteiger partial charge in [-0.2, -0.15) is 0 Å². The van der Waals surface area contributed by atoms with Crippen molar-refractivity contribution >= 4 is 17.7 Å². The van der Waals surface area contributed by atoms with Crippen LogP contribution >= 0.6 is 0 Å². The molecule has 0 spiro atoms. The summed E-state index contributed by atoms with van der Waals surface area (Å²) in [5, 5.41) is 0. The summed E-state index contributed by atoms with van der Waals surface area (Å²) in [6.07, 6.45) is 2.06. The van der Waals surface area contributed by atoms with Crippen LogP contribution in [0.5, 0.6) is 0 Å². The summed E-state index contributed by atoms with van der Waals surface area (Å²) in [6.45, 7) is 1.99. The van der Waals surface area contributed by atoms with Gasteiger partial charge >= 0.3 is 0 Å². The summed E-state index contributed by atoms with van der Waals surface area (Å²) in [7, 11) is 0. The molecule has 2 aliphatic rings. The lowest BCUT2D eigenvalue weighted by Gasteiger charge is -2.32. The fourth-order valence-electron chi connectivity index (χ4n) is 3.71. The van der Waals surface area contributed by atoms with Crippen molar-refractivity contribution in [2.24, 2.45) is 17.6 Å². The van der Waals surface area contributed by atoms with Gasteiger partial charge in [0.25, 0.3) is 0 Å². The maximum absolute atomic E-state index is 12.9. The summed E-state index contributed by atoms with van der Waals surface area (Å²) in [4.78, 5) is 39.6. The first-order chi connectivity index (χ1) is 12.4. The Labute approximate surface area is 152 Å². The van der Waals surface area contributed by atoms with Gasteiger partial charge in [0.15, 0.2) is 0 Å². The van der Waals surface area contributed by atoms with Crippen molar-refractivity contribution < 1.29 is 18.8 Å². The Hall–Kier alpha value is -2.44. The van der Waals surface area contributed by atoms with Crippen LogP contribution in [-0.4, -0.2) is 53.7 Å². The third-order valence-corrected chi connectivity index (χ3v) is 5.36. The van der Waals surface area contributed by atoms with Crippen molar-refractivity contribution in [3.8, 4) is 0 Å². The SMILES string of the molecule is NC(=O)C1CCN(C(=O)[C@@H]2CC(=O)N(CCc3ccc(F)cc3)C2)CC1. The number of benzene rings is 1. The summed E-state index contributed by atoms with van der Waals surface area (Å²) in [6, 6.07) is 6.23. The van der Waals surface area contributed by atoms with Gasteiger partial charge in [0.1, 0.15) is 5.82 Å². The average molecular weight is 361 g/mol. The van der Waals surface area contributed by atoms with Gasteiger partial charge in [-0.05, 0) is 37.0 Å². The lowest BCUT2D eigenvalue weighted by atomic mass is 9.95. The minimum Gasteiger partial charge on any atom is -0.369 e. The van der Waals surface area contributed by atoms with Crippen LogP contribution in [-0.2, 0) is 20.8 Å². The zero-order chi connectivity index (χ0) is 18.7. The predicted molar refractivity (Wildman–Crippen MR) is 93.3 cm³/mol. The number of carbonyl (C=O) groups is 3. The van der Waals surface area contributed by atoms with Crippen LogP contribution < -0.4 is 5.73 Å². The molecule has 0 unspecified atom stereocenters. The normalized spacial score (nSPS) is 21.3. The Morgan fingerprint density at radius 2 is 1.77 bits per heavy atom. The van der Waals surface area contributed by atoms with E-state index in [4.69, 9.17) is 5.73 Å². The molecule has 2 heterocycles. The Morgan fingerprint density at radius 3 is 2.38 bits per heavy atom. The van der Waals surface area contributed by atoms with Crippen LogP contribution in [0, 0.1) is 17.7 Å². The molecule has 0 saturated carbocycles. The van der Waals surface area contributed by atoms with Gasteiger partial charge in [0.05, 0.1) is 5.92 Å². The van der Waals surface area contributed by atoms with Gasteiger partial charge in [-0.3, -0.25) is 14.4 Å². The van der Waals surface area contributed by atoms with E-state index in [0.29, 0.717) is 45.4 Å². The number of rotatable bonds is 5. The van der Waals surface area contributed by atoms with Crippen molar-refractivity contribution in [3.05, 3.63) is 35.6 Å². The number of carbonyl (C=O) groups excluding carboxylic acids is 3. The molecule has 3 rings (SSSR count). The van der Waals surface area contributed by atoms with E-state index in [0.717, 1.165) is 5.56 Å². The van der Waals surface area contributed by atoms with E-state index >= 15 is 0 Å². The van der Waals surface area contributed by atoms with Gasteiger partial charge in [-0.1, -0.05) is 12.1 Å². The number of hydrogen-bond acceptors (Lipinski definition) is 3. The van der Waals surface area contributed by atoms with E-state index in [1.165, 1.54) is 12.1 Å². The van der Waals surface area contributed by atoms with E-state index in [2.05, 4.69) is 0 Å². The van der Waals surface area contributed by atoms with E-state index in [9.17, 15) is 18.8 Å². The predicted octanol–water partition coefficient (Wildman–Crippen LogP) is 0.941. The highest BCUT2D eigenvalue weighted by atomic mass is 19.1. The molecule has 26 heavy (non-hydrogen) atoms. The summed E-state index contributed by atoms with van der Waals surface area (Å²) in [5.74, 6) is -1.09. The van der Waals surface area contributed by atoms with Gasteiger partial charge in [0, 0.05) is 38.5 Å². The second kappa shape index (κ2) is 7.85. The van der Waals surface area contributed by atoms with E-state index in [1.807, 2.05) is 0 Å². The molecule has 7 heteroatoms. The quantitative estimate of drug-likeness (QED) is 0.847. The second-order valence-electron chi connectivity index (χ2n) is 7.12. The van der Waals surface area contributed by atoms with E-state index in [1.54, 1.807) is 21.9 Å². The maximum atomic E-state index is 12.9. The Morgan fingerprint density at radius 1 is 1.12 bits per heavy atom. The summed E-state index contributed by atoms with van der Waals surface area (Å²) >= 11 is 0. The Balaban J connectivity index is 1.50. The monoisotopic (exact) mass is 361 g/mol. The maximum Gasteiger partial charge on any atom is 0.227 e. The fraction of sp³-hybridized carbons (Fsp3) is 0.526. The molecule has 0 aromatic heterocycles. The first kappa shape index (κ1) is 18.4. The van der Waals surface area contributed by atoms with Crippen LogP contribution in [0.25, 0.3) is 0 Å². The third kappa shape index (κ3) is 4.20. The molecule has 0 aliphatic carbocycles. The molecule has 1 aromatic rings. The van der Waals surface area contributed by atoms with Crippen molar-refractivity contribution in [1.82, 2.24) is 9.80 Å². The fourth-order valence-corrected chi connectivity index (χ4v) is 3.71. The molecule has 1 aromatic carbocycles. The highest BCUT2D eigenvalue weighted by molar-refractivity contribution is 5.89. The highest BCUT2D eigenvalue weighted by Crippen LogP contribution is 2.24. The second-order valence-corrected chi connectivity index (χ2v) is 7.12. The van der Waals surface area contributed by atoms with Gasteiger partial charge in [-0.25, -0.2) is 4.39 Å². The number of primary amides is 1. The number of nitrogens with two attached hydrogens (primary N) is 1. The largest absolute Gasteiger partial charge is 0.369 e. The molecule has 2 saturated heterocycles. The van der Waals surface area contributed by atoms with Gasteiger partial charge in [0.2, 0.25) is 17.7 Å². The first-order valence-corrected chi connectivity index (χ1v) is 9.04. The number of likely N-dealkylation sites (tertiary alicyclic amines) is 2. The molecule has 140 valence electrons. The first-order valence-electron chi connectivity index (χ1n) is 9.04. The Kier molecular flexibility index (Phi) is 5.54. The standard InChI is InChI=1S/C19H24FN3O3/c20-16-3-1-13(2-4-16)5-8-23-12-15(11-17(23)24)19(26)22-9-6-14(7-10-22)18(21)25/h1-4,14-15H,5-12H2,(H2,21,25)/t15-/m1/s1. The summed E-state index contributed by atoms with van der Waals surface area (Å²) in [5.41, 5.74) is 6.28. The highest BCUT2D eigenvalue weighted by Gasteiger charge is 2.37. The van der Waals surface area contributed by atoms with E-state index in [-0.39, 0.29) is 41.8 Å². The number of halogens is 1. The molecule has 0 bridgehead atoms. The van der Waals surface area contributed by atoms with Crippen LogP contribution in [0.3, 0.4) is 0 Å². The van der Waals surface area contributed by atoms with Crippen molar-refractivity contribution in [2.45, 2.75) is 25.7 Å². The summed E-state index contributed by atoms with van der Waals surface area (Å²) < 4.78 is 12.9. The number of nitrogens with zero attached hydrogens (tertiary/aromatic N) is 2. The third-order valence-electron chi connectivity index (χ3n) is 5.36. The lowest BCUT2D eigenvalue weighted by Crippen LogP contribution is -2.44. The molecular weight excluding hydrogens is 337 g/mol. The molecule has 2 aliphatic heterocycles. The zero-order valence-electron chi connectivity index (χ0n) is 14.7. The topological polar surface area (TPSA) is 83.7 Å². The molecule has 3 amide bonds. The average Bonchev–Trinajstić information content (AvgIpc) is 3.01. The molecular formula is C19H24FN3O3. The zero-order valence-corrected chi connectivity index (χ0v) is 14.7. The molecule has 2 N–H and O–H groups in total. The molecule has 1 atom stereocenters. The van der Waals surface area contributed by atoms with Crippen LogP contribution in [0.4, 0.5) is 4.39 Å². The molecule has 2 fully saturated rings. The number of hydrogen-bond donors (Lipinski definition) is 1. The van der Waals surface area contributed by atoms with Crippen LogP contribution in [0.2, 0.25) is 0 Å². The molecule has 6 nitrogen and oxygen atoms in total. The van der Waals surface area contributed by atoms with Crippen LogP contribution in [0.15, 0.2) is 24.3 Å². The van der Waals surface area contributed by atoms with Crippen molar-refractivity contribution in [2.75, 3.05) is 26.2 Å². The Bertz CT molecular complexity index is 684. The van der Waals surface area contributed by atoms with Gasteiger partial charge < -0.3 is 15.5 Å². The minimum atomic E-state index is -0.319.